The minimum absolute atomic E-state index is 0.625. The minimum atomic E-state index is -3.81. The SMILES string of the molecule is CC(C)NC(C)C.OP(O)(O)=S.OP(O)(O)=S. The molecule has 0 heterocycles. The molecule has 7 nitrogen and oxygen atoms in total. The third-order valence-electron chi connectivity index (χ3n) is 0.667. The van der Waals surface area contributed by atoms with Crippen LogP contribution in [0, 0.1) is 0 Å². The summed E-state index contributed by atoms with van der Waals surface area (Å²) in [7, 11) is 0. The van der Waals surface area contributed by atoms with Gasteiger partial charge in [-0.3, -0.25) is 0 Å². The Morgan fingerprint density at radius 3 is 0.824 bits per heavy atom. The molecule has 0 saturated carbocycles. The third-order valence-corrected chi connectivity index (χ3v) is 0.667. The molecule has 7 N–H and O–H groups in total. The van der Waals surface area contributed by atoms with E-state index in [1.807, 2.05) is 0 Å². The van der Waals surface area contributed by atoms with E-state index >= 15 is 0 Å². The molecule has 17 heavy (non-hydrogen) atoms. The van der Waals surface area contributed by atoms with Crippen molar-refractivity contribution < 1.29 is 29.4 Å². The molecule has 0 atom stereocenters. The molecule has 0 spiro atoms. The molecular weight excluding hydrogens is 308 g/mol. The highest BCUT2D eigenvalue weighted by Crippen LogP contribution is 2.26. The lowest BCUT2D eigenvalue weighted by Crippen LogP contribution is -2.29. The van der Waals surface area contributed by atoms with Crippen LogP contribution in [0.4, 0.5) is 0 Å². The van der Waals surface area contributed by atoms with Crippen molar-refractivity contribution in [1.82, 2.24) is 5.32 Å². The monoisotopic (exact) mass is 329 g/mol. The molecule has 0 aliphatic heterocycles. The van der Waals surface area contributed by atoms with Crippen LogP contribution in [0.3, 0.4) is 0 Å². The number of hydrogen-bond acceptors (Lipinski definition) is 3. The van der Waals surface area contributed by atoms with Crippen molar-refractivity contribution in [2.75, 3.05) is 0 Å². The van der Waals surface area contributed by atoms with Gasteiger partial charge in [-0.05, 0) is 23.6 Å². The lowest BCUT2D eigenvalue weighted by molar-refractivity contribution is 0.361. The fourth-order valence-corrected chi connectivity index (χ4v) is 0.667. The van der Waals surface area contributed by atoms with Crippen LogP contribution in [0.25, 0.3) is 0 Å². The van der Waals surface area contributed by atoms with Gasteiger partial charge in [0.15, 0.2) is 0 Å². The number of hydrogen-bond donors (Lipinski definition) is 7. The molecule has 0 unspecified atom stereocenters. The fraction of sp³-hybridized carbons (Fsp3) is 1.00. The topological polar surface area (TPSA) is 133 Å². The van der Waals surface area contributed by atoms with Gasteiger partial charge in [-0.1, -0.05) is 27.7 Å². The fourth-order valence-electron chi connectivity index (χ4n) is 0.667. The molecule has 11 heteroatoms. The van der Waals surface area contributed by atoms with Crippen molar-refractivity contribution in [3.05, 3.63) is 0 Å². The van der Waals surface area contributed by atoms with Gasteiger partial charge in [0.25, 0.3) is 0 Å². The maximum Gasteiger partial charge on any atom is 0.319 e. The second-order valence-electron chi connectivity index (χ2n) is 3.50. The second-order valence-corrected chi connectivity index (χ2v) is 8.50. The van der Waals surface area contributed by atoms with Gasteiger partial charge < -0.3 is 34.7 Å². The van der Waals surface area contributed by atoms with E-state index in [1.54, 1.807) is 0 Å². The highest BCUT2D eigenvalue weighted by atomic mass is 32.5. The van der Waals surface area contributed by atoms with Crippen molar-refractivity contribution >= 4 is 37.1 Å². The lowest BCUT2D eigenvalue weighted by Gasteiger charge is -2.10. The Kier molecular flexibility index (Phi) is 14.8. The molecule has 0 amide bonds. The largest absolute Gasteiger partial charge is 0.325 e. The van der Waals surface area contributed by atoms with Gasteiger partial charge in [0.2, 0.25) is 0 Å². The Balaban J connectivity index is -0.000000177. The maximum absolute atomic E-state index is 7.56. The Morgan fingerprint density at radius 1 is 0.706 bits per heavy atom. The van der Waals surface area contributed by atoms with Crippen LogP contribution < -0.4 is 5.32 Å². The van der Waals surface area contributed by atoms with Crippen LogP contribution in [-0.4, -0.2) is 41.4 Å². The predicted molar refractivity (Wildman–Crippen MR) is 75.3 cm³/mol. The first-order valence-corrected chi connectivity index (χ1v) is 9.77. The highest BCUT2D eigenvalue weighted by molar-refractivity contribution is 8.06. The molecule has 0 radical (unpaired) electrons. The van der Waals surface area contributed by atoms with Crippen molar-refractivity contribution in [2.45, 2.75) is 39.8 Å². The number of rotatable bonds is 2. The maximum atomic E-state index is 7.56. The zero-order valence-corrected chi connectivity index (χ0v) is 13.5. The molecule has 0 aliphatic carbocycles. The molecule has 108 valence electrons. The van der Waals surface area contributed by atoms with Gasteiger partial charge in [-0.2, -0.15) is 0 Å². The zero-order chi connectivity index (χ0) is 14.9. The normalized spacial score (nSPS) is 11.5. The lowest BCUT2D eigenvalue weighted by atomic mass is 10.3. The van der Waals surface area contributed by atoms with E-state index in [-0.39, 0.29) is 0 Å². The summed E-state index contributed by atoms with van der Waals surface area (Å²) in [5.41, 5.74) is 0. The van der Waals surface area contributed by atoms with Crippen molar-refractivity contribution in [3.8, 4) is 0 Å². The van der Waals surface area contributed by atoms with E-state index < -0.39 is 13.4 Å². The summed E-state index contributed by atoms with van der Waals surface area (Å²) in [6.07, 6.45) is 0. The first-order valence-electron chi connectivity index (χ1n) is 4.45. The van der Waals surface area contributed by atoms with E-state index in [0.717, 1.165) is 0 Å². The van der Waals surface area contributed by atoms with E-state index in [9.17, 15) is 0 Å². The van der Waals surface area contributed by atoms with Crippen molar-refractivity contribution in [1.29, 1.82) is 0 Å². The summed E-state index contributed by atoms with van der Waals surface area (Å²) in [4.78, 5) is 45.3. The molecule has 0 aliphatic rings. The van der Waals surface area contributed by atoms with Gasteiger partial charge in [0.1, 0.15) is 0 Å². The van der Waals surface area contributed by atoms with Gasteiger partial charge in [-0.25, -0.2) is 0 Å². The Labute approximate surface area is 112 Å². The Morgan fingerprint density at radius 2 is 0.824 bits per heavy atom. The molecule has 0 aromatic carbocycles. The number of nitrogens with one attached hydrogen (secondary N) is 1. The summed E-state index contributed by atoms with van der Waals surface area (Å²) in [6, 6.07) is 1.25. The molecule has 0 aromatic heterocycles. The summed E-state index contributed by atoms with van der Waals surface area (Å²) < 4.78 is 0. The van der Waals surface area contributed by atoms with Crippen LogP contribution in [0.5, 0.6) is 0 Å². The smallest absolute Gasteiger partial charge is 0.319 e. The summed E-state index contributed by atoms with van der Waals surface area (Å²) in [6.45, 7) is 1.00. The first-order chi connectivity index (χ1) is 7.13. The standard InChI is InChI=1S/C6H15N.2H3O3PS/c1-5(2)7-6(3)4;2*1-4(2,3)5/h5-7H,1-4H3;2*(H3,1,2,3,5). The van der Waals surface area contributed by atoms with Crippen LogP contribution in [0.15, 0.2) is 0 Å². The van der Waals surface area contributed by atoms with Gasteiger partial charge in [-0.15, -0.1) is 0 Å². The van der Waals surface area contributed by atoms with Crippen LogP contribution >= 0.6 is 13.4 Å². The van der Waals surface area contributed by atoms with Crippen LogP contribution in [0.1, 0.15) is 27.7 Å². The first kappa shape index (κ1) is 23.1. The quantitative estimate of drug-likeness (QED) is 0.343. The average molecular weight is 329 g/mol. The summed E-state index contributed by atoms with van der Waals surface area (Å²) >= 11 is 7.21. The van der Waals surface area contributed by atoms with Gasteiger partial charge in [0, 0.05) is 12.1 Å². The van der Waals surface area contributed by atoms with E-state index in [2.05, 4.69) is 56.6 Å². The molecular formula is C6H21NO6P2S2. The Bertz CT molecular complexity index is 221. The average Bonchev–Trinajstić information content (AvgIpc) is 1.71. The van der Waals surface area contributed by atoms with Gasteiger partial charge in [0.05, 0.1) is 0 Å². The van der Waals surface area contributed by atoms with Crippen LogP contribution in [0.2, 0.25) is 0 Å². The van der Waals surface area contributed by atoms with Crippen molar-refractivity contribution in [3.63, 3.8) is 0 Å². The second kappa shape index (κ2) is 10.9. The van der Waals surface area contributed by atoms with E-state index in [0.29, 0.717) is 12.1 Å². The van der Waals surface area contributed by atoms with Gasteiger partial charge >= 0.3 is 13.4 Å². The summed E-state index contributed by atoms with van der Waals surface area (Å²) in [5.74, 6) is 0. The summed E-state index contributed by atoms with van der Waals surface area (Å²) in [5, 5.41) is 3.31. The molecule has 0 saturated heterocycles. The van der Waals surface area contributed by atoms with E-state index in [4.69, 9.17) is 29.4 Å². The predicted octanol–water partition coefficient (Wildman–Crippen LogP) is -0.232. The molecule has 0 bridgehead atoms. The Hall–Kier alpha value is 1.02. The van der Waals surface area contributed by atoms with Crippen molar-refractivity contribution in [2.24, 2.45) is 0 Å². The molecule has 0 aromatic rings. The molecule has 0 rings (SSSR count). The van der Waals surface area contributed by atoms with Crippen LogP contribution in [-0.2, 0) is 23.6 Å². The minimum Gasteiger partial charge on any atom is -0.325 e. The zero-order valence-electron chi connectivity index (χ0n) is 10.0. The highest BCUT2D eigenvalue weighted by Gasteiger charge is 1.93. The van der Waals surface area contributed by atoms with E-state index in [1.165, 1.54) is 0 Å². The third kappa shape index (κ3) is 152. The molecule has 0 fully saturated rings.